The maximum absolute atomic E-state index is 12.1. The van der Waals surface area contributed by atoms with E-state index in [4.69, 9.17) is 14.5 Å². The Kier molecular flexibility index (Phi) is 4.87. The number of aromatic nitrogens is 7. The van der Waals surface area contributed by atoms with Crippen molar-refractivity contribution in [2.24, 2.45) is 0 Å². The fourth-order valence-electron chi connectivity index (χ4n) is 3.91. The number of nitrogens with zero attached hydrogens (tertiary/aromatic N) is 6. The highest BCUT2D eigenvalue weighted by molar-refractivity contribution is 5.69. The molecule has 2 atom stereocenters. The zero-order valence-corrected chi connectivity index (χ0v) is 18.4. The van der Waals surface area contributed by atoms with Crippen LogP contribution in [0.5, 0.6) is 0 Å². The molecular weight excluding hydrogens is 438 g/mol. The third-order valence-corrected chi connectivity index (χ3v) is 6.07. The molecule has 5 heterocycles. The van der Waals surface area contributed by atoms with Gasteiger partial charge >= 0.3 is 6.09 Å². The maximum atomic E-state index is 12.1. The first-order valence-electron chi connectivity index (χ1n) is 11.1. The van der Waals surface area contributed by atoms with Crippen molar-refractivity contribution in [2.75, 3.05) is 11.9 Å². The third-order valence-electron chi connectivity index (χ3n) is 6.07. The number of hydrogen-bond acceptors (Lipinski definition) is 9. The van der Waals surface area contributed by atoms with Crippen LogP contribution in [-0.2, 0) is 9.47 Å². The normalized spacial score (nSPS) is 20.9. The summed E-state index contributed by atoms with van der Waals surface area (Å²) in [4.78, 5) is 29.3. The van der Waals surface area contributed by atoms with E-state index in [-0.39, 0.29) is 23.8 Å². The van der Waals surface area contributed by atoms with E-state index in [0.29, 0.717) is 30.5 Å². The third kappa shape index (κ3) is 4.15. The standard InChI is InChI=1S/C22H23N9O3/c1-22(2-3-22)28-21(32)34-14-6-17(33-11-14)16-7-18(30-29-16)27-20-26-15(13-9-23-12-24-10-13)8-19-25-4-5-31(19)20/h4-5,7-10,12,14,17H,2-3,6,11H2,1H3,(H,28,32)(H2,26,27,29,30). The SMILES string of the molecule is CC1(NC(=O)OC2COC(c3cc(Nc4nc(-c5cncnc5)cc5nccn45)n[nH]3)C2)CC1. The van der Waals surface area contributed by atoms with E-state index in [1.54, 1.807) is 18.6 Å². The molecule has 3 N–H and O–H groups in total. The molecule has 2 unspecified atom stereocenters. The summed E-state index contributed by atoms with van der Waals surface area (Å²) < 4.78 is 13.2. The molecule has 0 radical (unpaired) electrons. The first-order valence-corrected chi connectivity index (χ1v) is 11.1. The Balaban J connectivity index is 1.15. The second-order valence-corrected chi connectivity index (χ2v) is 8.85. The minimum absolute atomic E-state index is 0.112. The van der Waals surface area contributed by atoms with Crippen LogP contribution in [0.4, 0.5) is 16.6 Å². The number of imidazole rings is 1. The number of aromatic amines is 1. The maximum Gasteiger partial charge on any atom is 0.407 e. The van der Waals surface area contributed by atoms with Crippen LogP contribution in [0.3, 0.4) is 0 Å². The summed E-state index contributed by atoms with van der Waals surface area (Å²) in [7, 11) is 0. The van der Waals surface area contributed by atoms with Gasteiger partial charge in [0.15, 0.2) is 5.82 Å². The second-order valence-electron chi connectivity index (χ2n) is 8.85. The number of fused-ring (bicyclic) bond motifs is 1. The summed E-state index contributed by atoms with van der Waals surface area (Å²) in [6.45, 7) is 2.35. The van der Waals surface area contributed by atoms with E-state index < -0.39 is 0 Å². The molecule has 2 fully saturated rings. The van der Waals surface area contributed by atoms with Crippen LogP contribution in [0.25, 0.3) is 16.9 Å². The monoisotopic (exact) mass is 461 g/mol. The van der Waals surface area contributed by atoms with Crippen LogP contribution in [0.2, 0.25) is 0 Å². The lowest BCUT2D eigenvalue weighted by Gasteiger charge is -2.15. The van der Waals surface area contributed by atoms with Crippen LogP contribution in [0.15, 0.2) is 43.2 Å². The first kappa shape index (κ1) is 20.5. The Bertz CT molecular complexity index is 1330. The summed E-state index contributed by atoms with van der Waals surface area (Å²) in [5.41, 5.74) is 2.88. The molecule has 1 aliphatic heterocycles. The fraction of sp³-hybridized carbons (Fsp3) is 0.364. The van der Waals surface area contributed by atoms with Gasteiger partial charge in [-0.05, 0) is 19.8 Å². The number of hydrogen-bond donors (Lipinski definition) is 3. The van der Waals surface area contributed by atoms with Crippen LogP contribution in [0, 0.1) is 0 Å². The topological polar surface area (TPSA) is 144 Å². The molecule has 1 saturated heterocycles. The van der Waals surface area contributed by atoms with Crippen molar-refractivity contribution in [2.45, 2.75) is 43.9 Å². The van der Waals surface area contributed by atoms with E-state index in [1.165, 1.54) is 6.33 Å². The zero-order valence-electron chi connectivity index (χ0n) is 18.4. The Morgan fingerprint density at radius 2 is 2.15 bits per heavy atom. The highest BCUT2D eigenvalue weighted by Gasteiger charge is 2.40. The molecule has 12 nitrogen and oxygen atoms in total. The van der Waals surface area contributed by atoms with Gasteiger partial charge in [0.05, 0.1) is 18.0 Å². The van der Waals surface area contributed by atoms with Gasteiger partial charge in [0.1, 0.15) is 24.2 Å². The molecule has 4 aromatic heterocycles. The molecule has 34 heavy (non-hydrogen) atoms. The van der Waals surface area contributed by atoms with E-state index in [2.05, 4.69) is 35.8 Å². The summed E-state index contributed by atoms with van der Waals surface area (Å²) in [5.74, 6) is 1.12. The second kappa shape index (κ2) is 8.06. The van der Waals surface area contributed by atoms with Gasteiger partial charge in [0.25, 0.3) is 0 Å². The Morgan fingerprint density at radius 1 is 1.29 bits per heavy atom. The lowest BCUT2D eigenvalue weighted by atomic mass is 10.1. The smallest absolute Gasteiger partial charge is 0.407 e. The average molecular weight is 461 g/mol. The largest absolute Gasteiger partial charge is 0.444 e. The van der Waals surface area contributed by atoms with Gasteiger partial charge < -0.3 is 20.1 Å². The van der Waals surface area contributed by atoms with Gasteiger partial charge in [-0.25, -0.2) is 24.7 Å². The molecule has 6 rings (SSSR count). The zero-order chi connectivity index (χ0) is 23.1. The quantitative estimate of drug-likeness (QED) is 0.395. The molecular formula is C22H23N9O3. The van der Waals surface area contributed by atoms with Crippen molar-refractivity contribution >= 4 is 23.5 Å². The van der Waals surface area contributed by atoms with Gasteiger partial charge in [-0.2, -0.15) is 5.10 Å². The van der Waals surface area contributed by atoms with E-state index >= 15 is 0 Å². The molecule has 0 spiro atoms. The highest BCUT2D eigenvalue weighted by atomic mass is 16.6. The Morgan fingerprint density at radius 3 is 2.97 bits per heavy atom. The van der Waals surface area contributed by atoms with Gasteiger partial charge in [-0.3, -0.25) is 9.50 Å². The number of amides is 1. The van der Waals surface area contributed by atoms with Crippen molar-refractivity contribution in [3.05, 3.63) is 48.9 Å². The molecule has 0 aromatic carbocycles. The molecule has 12 heteroatoms. The van der Waals surface area contributed by atoms with Crippen LogP contribution in [-0.4, -0.2) is 58.9 Å². The number of nitrogens with one attached hydrogen (secondary N) is 3. The van der Waals surface area contributed by atoms with Crippen molar-refractivity contribution in [1.29, 1.82) is 0 Å². The minimum Gasteiger partial charge on any atom is -0.444 e. The molecule has 1 saturated carbocycles. The Hall–Kier alpha value is -4.06. The first-order chi connectivity index (χ1) is 16.5. The van der Waals surface area contributed by atoms with E-state index in [1.807, 2.05) is 29.7 Å². The van der Waals surface area contributed by atoms with E-state index in [9.17, 15) is 4.79 Å². The fourth-order valence-corrected chi connectivity index (χ4v) is 3.91. The number of ether oxygens (including phenoxy) is 2. The summed E-state index contributed by atoms with van der Waals surface area (Å²) >= 11 is 0. The lowest BCUT2D eigenvalue weighted by Crippen LogP contribution is -2.37. The number of alkyl carbamates (subject to hydrolysis) is 1. The predicted molar refractivity (Wildman–Crippen MR) is 120 cm³/mol. The van der Waals surface area contributed by atoms with Crippen LogP contribution in [0.1, 0.15) is 38.0 Å². The van der Waals surface area contributed by atoms with Gasteiger partial charge in [0.2, 0.25) is 5.95 Å². The lowest BCUT2D eigenvalue weighted by molar-refractivity contribution is 0.0675. The molecule has 4 aromatic rings. The van der Waals surface area contributed by atoms with Crippen molar-refractivity contribution in [3.8, 4) is 11.3 Å². The molecule has 2 aliphatic rings. The van der Waals surface area contributed by atoms with Crippen LogP contribution >= 0.6 is 0 Å². The van der Waals surface area contributed by atoms with Gasteiger partial charge in [-0.15, -0.1) is 0 Å². The number of H-pyrrole nitrogens is 1. The van der Waals surface area contributed by atoms with Gasteiger partial charge in [0, 0.05) is 54.4 Å². The van der Waals surface area contributed by atoms with Crippen molar-refractivity contribution in [1.82, 2.24) is 39.9 Å². The number of rotatable bonds is 6. The molecule has 0 bridgehead atoms. The van der Waals surface area contributed by atoms with Crippen molar-refractivity contribution < 1.29 is 14.3 Å². The minimum atomic E-state index is -0.389. The molecule has 1 amide bonds. The van der Waals surface area contributed by atoms with E-state index in [0.717, 1.165) is 29.7 Å². The predicted octanol–water partition coefficient (Wildman–Crippen LogP) is 2.76. The summed E-state index contributed by atoms with van der Waals surface area (Å²) in [6, 6.07) is 3.73. The molecule has 1 aliphatic carbocycles. The highest BCUT2D eigenvalue weighted by Crippen LogP contribution is 2.35. The number of carbonyl (C=O) groups is 1. The average Bonchev–Trinajstić information content (AvgIpc) is 3.28. The summed E-state index contributed by atoms with van der Waals surface area (Å²) in [5, 5.41) is 13.5. The number of anilines is 2. The number of carbonyl (C=O) groups excluding carboxylic acids is 1. The van der Waals surface area contributed by atoms with Gasteiger partial charge in [-0.1, -0.05) is 0 Å². The Labute approximate surface area is 194 Å². The van der Waals surface area contributed by atoms with Crippen molar-refractivity contribution in [3.63, 3.8) is 0 Å². The molecule has 174 valence electrons. The van der Waals surface area contributed by atoms with Crippen LogP contribution < -0.4 is 10.6 Å². The summed E-state index contributed by atoms with van der Waals surface area (Å²) in [6.07, 6.45) is 9.99.